The topological polar surface area (TPSA) is 103 Å². The van der Waals surface area contributed by atoms with Crippen LogP contribution in [0.15, 0.2) is 27.8 Å². The highest BCUT2D eigenvalue weighted by molar-refractivity contribution is 9.10. The molecule has 1 aromatic carbocycles. The molecule has 1 saturated carbocycles. The third-order valence-electron chi connectivity index (χ3n) is 4.00. The van der Waals surface area contributed by atoms with Crippen molar-refractivity contribution in [1.29, 1.82) is 0 Å². The van der Waals surface area contributed by atoms with Crippen LogP contribution in [0.1, 0.15) is 36.6 Å². The number of nitrogens with two attached hydrogens (primary N) is 1. The molecule has 1 fully saturated rings. The van der Waals surface area contributed by atoms with Crippen molar-refractivity contribution >= 4 is 45.2 Å². The summed E-state index contributed by atoms with van der Waals surface area (Å²) in [7, 11) is 0. The molecule has 0 radical (unpaired) electrons. The molecule has 1 aliphatic rings. The van der Waals surface area contributed by atoms with Crippen LogP contribution < -0.4 is 11.1 Å². The number of hydrogen-bond acceptors (Lipinski definition) is 5. The fourth-order valence-electron chi connectivity index (χ4n) is 2.52. The molecular weight excluding hydrogens is 418 g/mol. The first kappa shape index (κ1) is 18.9. The number of thioether (sulfide) groups is 1. The highest BCUT2D eigenvalue weighted by atomic mass is 79.9. The van der Waals surface area contributed by atoms with Gasteiger partial charge < -0.3 is 15.6 Å². The number of hydrogen-bond donors (Lipinski definition) is 2. The Labute approximate surface area is 164 Å². The predicted octanol–water partition coefficient (Wildman–Crippen LogP) is 2.83. The summed E-state index contributed by atoms with van der Waals surface area (Å²) in [5.74, 6) is 1.01. The number of aryl methyl sites for hydroxylation is 1. The second-order valence-corrected chi connectivity index (χ2v) is 8.10. The van der Waals surface area contributed by atoms with Crippen molar-refractivity contribution in [2.75, 3.05) is 11.1 Å². The summed E-state index contributed by atoms with van der Waals surface area (Å²) in [4.78, 5) is 23.4. The van der Waals surface area contributed by atoms with E-state index in [-0.39, 0.29) is 24.0 Å². The zero-order valence-electron chi connectivity index (χ0n) is 14.4. The molecule has 3 rings (SSSR count). The summed E-state index contributed by atoms with van der Waals surface area (Å²) in [5, 5.41) is 12.0. The van der Waals surface area contributed by atoms with E-state index in [9.17, 15) is 9.59 Å². The Hall–Kier alpha value is -1.87. The molecule has 2 aromatic rings. The van der Waals surface area contributed by atoms with Gasteiger partial charge in [0.1, 0.15) is 5.82 Å². The summed E-state index contributed by atoms with van der Waals surface area (Å²) in [5.41, 5.74) is 7.11. The SMILES string of the molecule is Cc1ccc(NC(=O)CSc2nnc(C3CC3)n2CCC(N)=O)c(Br)c1. The maximum atomic E-state index is 12.3. The Bertz CT molecular complexity index is 835. The van der Waals surface area contributed by atoms with Crippen molar-refractivity contribution in [2.45, 2.75) is 43.8 Å². The lowest BCUT2D eigenvalue weighted by atomic mass is 10.2. The van der Waals surface area contributed by atoms with E-state index in [1.165, 1.54) is 11.8 Å². The monoisotopic (exact) mass is 437 g/mol. The Morgan fingerprint density at radius 3 is 2.81 bits per heavy atom. The molecule has 1 heterocycles. The molecule has 1 aliphatic carbocycles. The number of benzene rings is 1. The van der Waals surface area contributed by atoms with Gasteiger partial charge in [0.05, 0.1) is 11.4 Å². The number of nitrogens with zero attached hydrogens (tertiary/aromatic N) is 3. The zero-order chi connectivity index (χ0) is 18.7. The van der Waals surface area contributed by atoms with Crippen molar-refractivity contribution in [3.63, 3.8) is 0 Å². The van der Waals surface area contributed by atoms with Gasteiger partial charge in [-0.15, -0.1) is 10.2 Å². The molecule has 1 aromatic heterocycles. The second kappa shape index (κ2) is 8.22. The van der Waals surface area contributed by atoms with Gasteiger partial charge in [-0.2, -0.15) is 0 Å². The number of halogens is 1. The summed E-state index contributed by atoms with van der Waals surface area (Å²) < 4.78 is 2.76. The summed E-state index contributed by atoms with van der Waals surface area (Å²) in [6.07, 6.45) is 2.40. The minimum atomic E-state index is -0.363. The van der Waals surface area contributed by atoms with Crippen LogP contribution in [0.2, 0.25) is 0 Å². The maximum absolute atomic E-state index is 12.3. The van der Waals surface area contributed by atoms with E-state index < -0.39 is 0 Å². The number of nitrogens with one attached hydrogen (secondary N) is 1. The number of carbonyl (C=O) groups is 2. The van der Waals surface area contributed by atoms with Crippen LogP contribution >= 0.6 is 27.7 Å². The second-order valence-electron chi connectivity index (χ2n) is 6.30. The van der Waals surface area contributed by atoms with Crippen molar-refractivity contribution in [1.82, 2.24) is 14.8 Å². The van der Waals surface area contributed by atoms with Crippen molar-refractivity contribution in [2.24, 2.45) is 5.73 Å². The highest BCUT2D eigenvalue weighted by Crippen LogP contribution is 2.40. The number of aromatic nitrogens is 3. The number of anilines is 1. The van der Waals surface area contributed by atoms with E-state index in [1.54, 1.807) is 0 Å². The molecule has 0 unspecified atom stereocenters. The van der Waals surface area contributed by atoms with Crippen LogP contribution in [-0.4, -0.2) is 32.3 Å². The molecule has 0 saturated heterocycles. The van der Waals surface area contributed by atoms with Crippen molar-refractivity contribution in [3.05, 3.63) is 34.1 Å². The van der Waals surface area contributed by atoms with Gasteiger partial charge in [-0.05, 0) is 53.4 Å². The van der Waals surface area contributed by atoms with Gasteiger partial charge in [-0.25, -0.2) is 0 Å². The molecular formula is C17H20BrN5O2S. The van der Waals surface area contributed by atoms with Crippen LogP contribution in [0.3, 0.4) is 0 Å². The molecule has 0 atom stereocenters. The number of primary amides is 1. The van der Waals surface area contributed by atoms with E-state index in [1.807, 2.05) is 29.7 Å². The first-order chi connectivity index (χ1) is 12.4. The first-order valence-electron chi connectivity index (χ1n) is 8.34. The van der Waals surface area contributed by atoms with Crippen LogP contribution in [0, 0.1) is 6.92 Å². The standard InChI is InChI=1S/C17H20BrN5O2S/c1-10-2-5-13(12(18)8-10)20-15(25)9-26-17-22-21-16(11-3-4-11)23(17)7-6-14(19)24/h2,5,8,11H,3-4,6-7,9H2,1H3,(H2,19,24)(H,20,25). The van der Waals surface area contributed by atoms with Crippen molar-refractivity contribution in [3.8, 4) is 0 Å². The van der Waals surface area contributed by atoms with Crippen LogP contribution in [0.5, 0.6) is 0 Å². The summed E-state index contributed by atoms with van der Waals surface area (Å²) >= 11 is 4.76. The zero-order valence-corrected chi connectivity index (χ0v) is 16.8. The van der Waals surface area contributed by atoms with E-state index in [0.29, 0.717) is 17.6 Å². The lowest BCUT2D eigenvalue weighted by Gasteiger charge is -2.10. The molecule has 0 bridgehead atoms. The van der Waals surface area contributed by atoms with E-state index >= 15 is 0 Å². The molecule has 3 N–H and O–H groups in total. The van der Waals surface area contributed by atoms with Crippen LogP contribution in [0.25, 0.3) is 0 Å². The van der Waals surface area contributed by atoms with Crippen LogP contribution in [-0.2, 0) is 16.1 Å². The fraction of sp³-hybridized carbons (Fsp3) is 0.412. The Morgan fingerprint density at radius 1 is 1.38 bits per heavy atom. The van der Waals surface area contributed by atoms with Crippen molar-refractivity contribution < 1.29 is 9.59 Å². The molecule has 7 nitrogen and oxygen atoms in total. The number of amides is 2. The van der Waals surface area contributed by atoms with Gasteiger partial charge in [-0.3, -0.25) is 9.59 Å². The fourth-order valence-corrected chi connectivity index (χ4v) is 3.88. The summed E-state index contributed by atoms with van der Waals surface area (Å²) in [6, 6.07) is 5.75. The molecule has 138 valence electrons. The van der Waals surface area contributed by atoms with Gasteiger partial charge in [-0.1, -0.05) is 17.8 Å². The minimum absolute atomic E-state index is 0.128. The number of rotatable bonds is 8. The quantitative estimate of drug-likeness (QED) is 0.617. The van der Waals surface area contributed by atoms with Gasteiger partial charge in [0.25, 0.3) is 0 Å². The smallest absolute Gasteiger partial charge is 0.234 e. The average molecular weight is 438 g/mol. The lowest BCUT2D eigenvalue weighted by molar-refractivity contribution is -0.118. The van der Waals surface area contributed by atoms with E-state index in [2.05, 4.69) is 31.4 Å². The van der Waals surface area contributed by atoms with Gasteiger partial charge in [0, 0.05) is 23.4 Å². The van der Waals surface area contributed by atoms with Gasteiger partial charge in [0.2, 0.25) is 11.8 Å². The Kier molecular flexibility index (Phi) is 5.98. The Morgan fingerprint density at radius 2 is 2.15 bits per heavy atom. The largest absolute Gasteiger partial charge is 0.370 e. The first-order valence-corrected chi connectivity index (χ1v) is 10.1. The predicted molar refractivity (Wildman–Crippen MR) is 104 cm³/mol. The van der Waals surface area contributed by atoms with E-state index in [0.717, 1.165) is 34.4 Å². The molecule has 0 spiro atoms. The molecule has 2 amide bonds. The van der Waals surface area contributed by atoms with E-state index in [4.69, 9.17) is 5.73 Å². The highest BCUT2D eigenvalue weighted by Gasteiger charge is 2.30. The lowest BCUT2D eigenvalue weighted by Crippen LogP contribution is -2.17. The van der Waals surface area contributed by atoms with Gasteiger partial charge >= 0.3 is 0 Å². The minimum Gasteiger partial charge on any atom is -0.370 e. The number of carbonyl (C=O) groups excluding carboxylic acids is 2. The third kappa shape index (κ3) is 4.85. The molecule has 26 heavy (non-hydrogen) atoms. The average Bonchev–Trinajstić information content (AvgIpc) is 3.34. The third-order valence-corrected chi connectivity index (χ3v) is 5.62. The normalized spacial score (nSPS) is 13.6. The summed E-state index contributed by atoms with van der Waals surface area (Å²) in [6.45, 7) is 2.43. The molecule has 9 heteroatoms. The maximum Gasteiger partial charge on any atom is 0.234 e. The molecule has 0 aliphatic heterocycles. The Balaban J connectivity index is 1.63. The van der Waals surface area contributed by atoms with Crippen LogP contribution in [0.4, 0.5) is 5.69 Å². The van der Waals surface area contributed by atoms with Gasteiger partial charge in [0.15, 0.2) is 5.16 Å².